The van der Waals surface area contributed by atoms with E-state index in [0.29, 0.717) is 17.8 Å². The molecule has 1 fully saturated rings. The molecule has 100 valence electrons. The molecule has 1 N–H and O–H groups in total. The molecular formula is C15H22BrNO. The first-order valence-corrected chi connectivity index (χ1v) is 7.58. The van der Waals surface area contributed by atoms with Crippen LogP contribution in [0, 0.1) is 17.8 Å². The van der Waals surface area contributed by atoms with E-state index in [1.807, 2.05) is 18.2 Å². The van der Waals surface area contributed by atoms with Gasteiger partial charge < -0.3 is 5.11 Å². The molecule has 0 aliphatic heterocycles. The highest BCUT2D eigenvalue weighted by Crippen LogP contribution is 2.46. The third-order valence-corrected chi connectivity index (χ3v) is 4.65. The molecule has 0 unspecified atom stereocenters. The Morgan fingerprint density at radius 2 is 2.11 bits per heavy atom. The summed E-state index contributed by atoms with van der Waals surface area (Å²) in [4.78, 5) is 4.50. The van der Waals surface area contributed by atoms with Gasteiger partial charge in [0.05, 0.1) is 5.69 Å². The molecular weight excluding hydrogens is 290 g/mol. The van der Waals surface area contributed by atoms with Crippen LogP contribution in [0.5, 0.6) is 0 Å². The van der Waals surface area contributed by atoms with Gasteiger partial charge in [0.15, 0.2) is 0 Å². The minimum absolute atomic E-state index is 0.301. The lowest BCUT2D eigenvalue weighted by Gasteiger charge is -2.44. The molecule has 0 aromatic carbocycles. The molecule has 2 rings (SSSR count). The first-order valence-electron chi connectivity index (χ1n) is 6.79. The van der Waals surface area contributed by atoms with Gasteiger partial charge in [0.1, 0.15) is 10.2 Å². The van der Waals surface area contributed by atoms with E-state index in [2.05, 4.69) is 41.7 Å². The van der Waals surface area contributed by atoms with Crippen LogP contribution < -0.4 is 0 Å². The zero-order valence-electron chi connectivity index (χ0n) is 11.4. The average molecular weight is 312 g/mol. The normalized spacial score (nSPS) is 32.8. The molecule has 0 spiro atoms. The number of rotatable bonds is 2. The fourth-order valence-electron chi connectivity index (χ4n) is 3.32. The van der Waals surface area contributed by atoms with E-state index < -0.39 is 5.60 Å². The highest BCUT2D eigenvalue weighted by molar-refractivity contribution is 9.10. The van der Waals surface area contributed by atoms with Crippen LogP contribution in [0.4, 0.5) is 0 Å². The topological polar surface area (TPSA) is 33.1 Å². The standard InChI is InChI=1S/C15H22BrNO/c1-10(2)12-8-7-11(3)9-15(12,18)13-5-4-6-14(16)17-13/h4-6,10-12,18H,7-9H2,1-3H3/t11-,12+,15+/m0/s1. The lowest BCUT2D eigenvalue weighted by Crippen LogP contribution is -2.43. The van der Waals surface area contributed by atoms with Gasteiger partial charge >= 0.3 is 0 Å². The van der Waals surface area contributed by atoms with Gasteiger partial charge in [-0.3, -0.25) is 0 Å². The number of halogens is 1. The molecule has 1 aliphatic rings. The highest BCUT2D eigenvalue weighted by Gasteiger charge is 2.45. The number of aromatic nitrogens is 1. The van der Waals surface area contributed by atoms with E-state index in [9.17, 15) is 5.11 Å². The van der Waals surface area contributed by atoms with Gasteiger partial charge in [-0.1, -0.05) is 33.3 Å². The van der Waals surface area contributed by atoms with Crippen molar-refractivity contribution in [3.8, 4) is 0 Å². The maximum atomic E-state index is 11.2. The second-order valence-electron chi connectivity index (χ2n) is 6.01. The monoisotopic (exact) mass is 311 g/mol. The van der Waals surface area contributed by atoms with Crippen molar-refractivity contribution in [1.29, 1.82) is 0 Å². The van der Waals surface area contributed by atoms with Crippen molar-refractivity contribution in [2.75, 3.05) is 0 Å². The smallest absolute Gasteiger partial charge is 0.110 e. The maximum absolute atomic E-state index is 11.2. The van der Waals surface area contributed by atoms with Crippen LogP contribution in [0.15, 0.2) is 22.8 Å². The van der Waals surface area contributed by atoms with Crippen LogP contribution in [0.25, 0.3) is 0 Å². The number of nitrogens with zero attached hydrogens (tertiary/aromatic N) is 1. The zero-order chi connectivity index (χ0) is 13.3. The molecule has 1 saturated carbocycles. The maximum Gasteiger partial charge on any atom is 0.110 e. The summed E-state index contributed by atoms with van der Waals surface area (Å²) in [5, 5.41) is 11.2. The first-order chi connectivity index (χ1) is 8.43. The third kappa shape index (κ3) is 2.62. The summed E-state index contributed by atoms with van der Waals surface area (Å²) in [6.45, 7) is 6.62. The van der Waals surface area contributed by atoms with Crippen molar-refractivity contribution in [3.05, 3.63) is 28.5 Å². The SMILES string of the molecule is CC(C)[C@H]1CC[C@H](C)C[C@]1(O)c1cccc(Br)n1. The second-order valence-corrected chi connectivity index (χ2v) is 6.82. The Hall–Kier alpha value is -0.410. The van der Waals surface area contributed by atoms with Crippen molar-refractivity contribution in [2.45, 2.75) is 45.6 Å². The summed E-state index contributed by atoms with van der Waals surface area (Å²) >= 11 is 3.40. The Morgan fingerprint density at radius 3 is 2.72 bits per heavy atom. The minimum atomic E-state index is -0.768. The Balaban J connectivity index is 2.40. The lowest BCUT2D eigenvalue weighted by molar-refractivity contribution is -0.0898. The van der Waals surface area contributed by atoms with Crippen molar-refractivity contribution >= 4 is 15.9 Å². The second kappa shape index (κ2) is 5.30. The molecule has 0 radical (unpaired) electrons. The van der Waals surface area contributed by atoms with E-state index in [0.717, 1.165) is 23.1 Å². The summed E-state index contributed by atoms with van der Waals surface area (Å²) in [5.74, 6) is 1.34. The molecule has 0 amide bonds. The Labute approximate surface area is 118 Å². The minimum Gasteiger partial charge on any atom is -0.383 e. The summed E-state index contributed by atoms with van der Waals surface area (Å²) in [6.07, 6.45) is 3.11. The Morgan fingerprint density at radius 1 is 1.39 bits per heavy atom. The molecule has 1 aliphatic carbocycles. The van der Waals surface area contributed by atoms with Crippen LogP contribution in [-0.4, -0.2) is 10.1 Å². The van der Waals surface area contributed by atoms with Gasteiger partial charge in [0.2, 0.25) is 0 Å². The average Bonchev–Trinajstić information content (AvgIpc) is 2.28. The molecule has 18 heavy (non-hydrogen) atoms. The summed E-state index contributed by atoms with van der Waals surface area (Å²) in [5.41, 5.74) is 0.0532. The van der Waals surface area contributed by atoms with Crippen LogP contribution in [0.1, 0.15) is 45.7 Å². The number of pyridine rings is 1. The fraction of sp³-hybridized carbons (Fsp3) is 0.667. The Bertz CT molecular complexity index is 421. The molecule has 0 bridgehead atoms. The van der Waals surface area contributed by atoms with Gasteiger partial charge in [-0.05, 0) is 58.7 Å². The number of hydrogen-bond acceptors (Lipinski definition) is 2. The van der Waals surface area contributed by atoms with E-state index in [1.165, 1.54) is 6.42 Å². The van der Waals surface area contributed by atoms with Crippen LogP contribution in [0.2, 0.25) is 0 Å². The van der Waals surface area contributed by atoms with Crippen molar-refractivity contribution < 1.29 is 5.11 Å². The van der Waals surface area contributed by atoms with Gasteiger partial charge in [-0.15, -0.1) is 0 Å². The Kier molecular flexibility index (Phi) is 4.12. The molecule has 2 nitrogen and oxygen atoms in total. The fourth-order valence-corrected chi connectivity index (χ4v) is 3.66. The predicted molar refractivity (Wildman–Crippen MR) is 77.2 cm³/mol. The quantitative estimate of drug-likeness (QED) is 0.833. The van der Waals surface area contributed by atoms with E-state index in [1.54, 1.807) is 0 Å². The summed E-state index contributed by atoms with van der Waals surface area (Å²) < 4.78 is 0.800. The van der Waals surface area contributed by atoms with Crippen molar-refractivity contribution in [3.63, 3.8) is 0 Å². The van der Waals surface area contributed by atoms with Crippen molar-refractivity contribution in [1.82, 2.24) is 4.98 Å². The largest absolute Gasteiger partial charge is 0.383 e. The van der Waals surface area contributed by atoms with Crippen LogP contribution in [0.3, 0.4) is 0 Å². The number of hydrogen-bond donors (Lipinski definition) is 1. The number of aliphatic hydroxyl groups is 1. The molecule has 0 saturated heterocycles. The van der Waals surface area contributed by atoms with E-state index >= 15 is 0 Å². The lowest BCUT2D eigenvalue weighted by atomic mass is 9.65. The van der Waals surface area contributed by atoms with E-state index in [-0.39, 0.29) is 0 Å². The zero-order valence-corrected chi connectivity index (χ0v) is 12.9. The highest BCUT2D eigenvalue weighted by atomic mass is 79.9. The van der Waals surface area contributed by atoms with Gasteiger partial charge in [0, 0.05) is 0 Å². The molecule has 3 atom stereocenters. The van der Waals surface area contributed by atoms with Gasteiger partial charge in [-0.2, -0.15) is 0 Å². The van der Waals surface area contributed by atoms with Gasteiger partial charge in [-0.25, -0.2) is 4.98 Å². The van der Waals surface area contributed by atoms with Crippen LogP contribution in [-0.2, 0) is 5.60 Å². The molecule has 1 aromatic rings. The van der Waals surface area contributed by atoms with Gasteiger partial charge in [0.25, 0.3) is 0 Å². The third-order valence-electron chi connectivity index (χ3n) is 4.21. The van der Waals surface area contributed by atoms with Crippen molar-refractivity contribution in [2.24, 2.45) is 17.8 Å². The molecule has 1 aromatic heterocycles. The molecule has 3 heteroatoms. The predicted octanol–water partition coefficient (Wildman–Crippen LogP) is 4.12. The first kappa shape index (κ1) is 14.0. The summed E-state index contributed by atoms with van der Waals surface area (Å²) in [7, 11) is 0. The summed E-state index contributed by atoms with van der Waals surface area (Å²) in [6, 6.07) is 5.82. The van der Waals surface area contributed by atoms with E-state index in [4.69, 9.17) is 0 Å². The van der Waals surface area contributed by atoms with Crippen LogP contribution >= 0.6 is 15.9 Å². The molecule has 1 heterocycles.